The first-order valence-corrected chi connectivity index (χ1v) is 17.4. The molecule has 242 valence electrons. The van der Waals surface area contributed by atoms with Crippen LogP contribution in [0.4, 0.5) is 34.1 Å². The molecule has 0 saturated heterocycles. The number of nitrogens with zero attached hydrogens (tertiary/aromatic N) is 4. The molecule has 4 nitrogen and oxygen atoms in total. The van der Waals surface area contributed by atoms with E-state index in [4.69, 9.17) is 9.97 Å². The van der Waals surface area contributed by atoms with Gasteiger partial charge in [-0.2, -0.15) is 0 Å². The van der Waals surface area contributed by atoms with Crippen molar-refractivity contribution in [1.29, 1.82) is 0 Å². The topological polar surface area (TPSA) is 32.3 Å². The highest BCUT2D eigenvalue weighted by atomic mass is 15.1. The number of rotatable bonds is 6. The summed E-state index contributed by atoms with van der Waals surface area (Å²) in [7, 11) is 0. The average Bonchev–Trinajstić information content (AvgIpc) is 3.51. The van der Waals surface area contributed by atoms with Crippen LogP contribution < -0.4 is 9.80 Å². The molecule has 9 rings (SSSR count). The fourth-order valence-electron chi connectivity index (χ4n) is 7.93. The normalized spacial score (nSPS) is 14.3. The van der Waals surface area contributed by atoms with Crippen molar-refractivity contribution in [1.82, 2.24) is 9.97 Å². The third-order valence-electron chi connectivity index (χ3n) is 10.5. The van der Waals surface area contributed by atoms with Gasteiger partial charge in [-0.25, -0.2) is 9.97 Å². The molecule has 0 unspecified atom stereocenters. The van der Waals surface area contributed by atoms with Gasteiger partial charge in [-0.1, -0.05) is 113 Å². The maximum Gasteiger partial charge on any atom is 0.0933 e. The molecule has 0 fully saturated rings. The molecular weight excluding hydrogens is 609 g/mol. The summed E-state index contributed by atoms with van der Waals surface area (Å²) in [6.07, 6.45) is 0. The van der Waals surface area contributed by atoms with Crippen LogP contribution in [-0.2, 0) is 10.8 Å². The van der Waals surface area contributed by atoms with E-state index in [0.29, 0.717) is 0 Å². The number of fused-ring (bicyclic) bond motifs is 6. The predicted molar refractivity (Wildman–Crippen MR) is 207 cm³/mol. The first kappa shape index (κ1) is 30.1. The van der Waals surface area contributed by atoms with Gasteiger partial charge in [0.1, 0.15) is 0 Å². The van der Waals surface area contributed by atoms with E-state index in [9.17, 15) is 0 Å². The first-order valence-electron chi connectivity index (χ1n) is 17.4. The van der Waals surface area contributed by atoms with Crippen LogP contribution in [0.1, 0.15) is 50.2 Å². The maximum atomic E-state index is 5.53. The monoisotopic (exact) mass is 646 g/mol. The molecule has 2 aliphatic rings. The Balaban J connectivity index is 1.15. The Kier molecular flexibility index (Phi) is 6.79. The van der Waals surface area contributed by atoms with Crippen molar-refractivity contribution in [3.63, 3.8) is 0 Å². The molecule has 2 aliphatic carbocycles. The van der Waals surface area contributed by atoms with Crippen LogP contribution in [0.25, 0.3) is 22.5 Å². The molecule has 1 heterocycles. The number of hydrogen-bond acceptors (Lipinski definition) is 4. The van der Waals surface area contributed by atoms with Gasteiger partial charge < -0.3 is 9.80 Å². The summed E-state index contributed by atoms with van der Waals surface area (Å²) in [4.78, 5) is 15.7. The zero-order valence-electron chi connectivity index (χ0n) is 28.8. The minimum atomic E-state index is -0.327. The van der Waals surface area contributed by atoms with Crippen molar-refractivity contribution < 1.29 is 0 Å². The van der Waals surface area contributed by atoms with Crippen LogP contribution in [-0.4, -0.2) is 9.97 Å². The molecule has 1 aromatic heterocycles. The molecule has 7 aromatic rings. The van der Waals surface area contributed by atoms with Crippen LogP contribution in [0.15, 0.2) is 158 Å². The Labute approximate surface area is 294 Å². The molecule has 0 amide bonds. The van der Waals surface area contributed by atoms with E-state index in [1.165, 1.54) is 11.1 Å². The number of hydrogen-bond donors (Lipinski definition) is 0. The summed E-state index contributed by atoms with van der Waals surface area (Å²) in [6.45, 7) is 9.17. The number of benzene rings is 6. The highest BCUT2D eigenvalue weighted by molar-refractivity contribution is 5.87. The van der Waals surface area contributed by atoms with E-state index in [1.54, 1.807) is 0 Å². The first-order chi connectivity index (χ1) is 24.3. The zero-order valence-corrected chi connectivity index (χ0v) is 28.8. The second kappa shape index (κ2) is 11.3. The second-order valence-corrected chi connectivity index (χ2v) is 14.3. The highest BCUT2D eigenvalue weighted by Gasteiger charge is 2.45. The van der Waals surface area contributed by atoms with E-state index in [0.717, 1.165) is 68.0 Å². The summed E-state index contributed by atoms with van der Waals surface area (Å²) >= 11 is 0. The fourth-order valence-corrected chi connectivity index (χ4v) is 7.93. The van der Waals surface area contributed by atoms with Crippen molar-refractivity contribution in [2.45, 2.75) is 38.5 Å². The third-order valence-corrected chi connectivity index (χ3v) is 10.5. The van der Waals surface area contributed by atoms with Crippen LogP contribution in [0, 0.1) is 0 Å². The molecule has 0 atom stereocenters. The van der Waals surface area contributed by atoms with Crippen LogP contribution >= 0.6 is 0 Å². The maximum absolute atomic E-state index is 5.53. The van der Waals surface area contributed by atoms with E-state index >= 15 is 0 Å². The van der Waals surface area contributed by atoms with Crippen LogP contribution in [0.3, 0.4) is 0 Å². The zero-order chi connectivity index (χ0) is 34.0. The summed E-state index contributed by atoms with van der Waals surface area (Å²) in [5.74, 6) is 0. The van der Waals surface area contributed by atoms with Crippen LogP contribution in [0.5, 0.6) is 0 Å². The highest BCUT2D eigenvalue weighted by Crippen LogP contribution is 2.54. The van der Waals surface area contributed by atoms with Gasteiger partial charge in [0.05, 0.1) is 22.8 Å². The molecule has 50 heavy (non-hydrogen) atoms. The lowest BCUT2D eigenvalue weighted by molar-refractivity contribution is 0.617. The van der Waals surface area contributed by atoms with Gasteiger partial charge in [0, 0.05) is 56.1 Å². The lowest BCUT2D eigenvalue weighted by Crippen LogP contribution is -2.20. The largest absolute Gasteiger partial charge is 0.310 e. The SMILES string of the molecule is CC1(C)c2cc(N(c3ccccc3)c3ccccc3)ccc2-c2nc3c(nc21)-c1ccc(N(c2ccccc2)c2ccccc2)cc1C3(C)C. The Hall–Kier alpha value is -6.00. The standard InChI is InChI=1S/C46H38N4/c1-45(2)39-29-35(49(31-17-9-5-10-18-31)32-19-11-6-12-20-32)25-27-37(39)41-43(45)47-42-38-28-26-36(30-40(38)46(3,4)44(42)48-41)50(33-21-13-7-14-22-33)34-23-15-8-16-24-34/h5-30H,1-4H3. The van der Waals surface area contributed by atoms with Gasteiger partial charge in [-0.3, -0.25) is 0 Å². The summed E-state index contributed by atoms with van der Waals surface area (Å²) in [5, 5.41) is 0. The molecule has 0 saturated carbocycles. The minimum Gasteiger partial charge on any atom is -0.310 e. The van der Waals surface area contributed by atoms with Crippen molar-refractivity contribution in [2.75, 3.05) is 9.80 Å². The predicted octanol–water partition coefficient (Wildman–Crippen LogP) is 12.0. The molecule has 6 aromatic carbocycles. The molecule has 0 spiro atoms. The quantitative estimate of drug-likeness (QED) is 0.180. The molecule has 0 bridgehead atoms. The third kappa shape index (κ3) is 4.59. The number of aromatic nitrogens is 2. The van der Waals surface area contributed by atoms with Gasteiger partial charge in [0.2, 0.25) is 0 Å². The Morgan fingerprint density at radius 3 is 0.960 bits per heavy atom. The molecule has 0 radical (unpaired) electrons. The Bertz CT molecular complexity index is 2120. The Morgan fingerprint density at radius 1 is 0.360 bits per heavy atom. The van der Waals surface area contributed by atoms with Gasteiger partial charge in [0.15, 0.2) is 0 Å². The number of anilines is 6. The Morgan fingerprint density at radius 2 is 0.660 bits per heavy atom. The molecule has 0 aliphatic heterocycles. The van der Waals surface area contributed by atoms with Gasteiger partial charge in [-0.15, -0.1) is 0 Å². The molecule has 4 heteroatoms. The smallest absolute Gasteiger partial charge is 0.0933 e. The summed E-state index contributed by atoms with van der Waals surface area (Å²) in [6, 6.07) is 56.0. The minimum absolute atomic E-state index is 0.327. The number of para-hydroxylation sites is 4. The van der Waals surface area contributed by atoms with Gasteiger partial charge in [0.25, 0.3) is 0 Å². The average molecular weight is 647 g/mol. The van der Waals surface area contributed by atoms with Gasteiger partial charge in [-0.05, 0) is 83.9 Å². The fraction of sp³-hybridized carbons (Fsp3) is 0.130. The van der Waals surface area contributed by atoms with E-state index < -0.39 is 0 Å². The summed E-state index contributed by atoms with van der Waals surface area (Å²) in [5.41, 5.74) is 15.0. The lowest BCUT2D eigenvalue weighted by atomic mass is 9.84. The van der Waals surface area contributed by atoms with E-state index in [-0.39, 0.29) is 10.8 Å². The van der Waals surface area contributed by atoms with E-state index in [1.807, 2.05) is 0 Å². The van der Waals surface area contributed by atoms with Crippen molar-refractivity contribution >= 4 is 34.1 Å². The van der Waals surface area contributed by atoms with Crippen molar-refractivity contribution in [3.8, 4) is 22.5 Å². The van der Waals surface area contributed by atoms with Crippen molar-refractivity contribution in [3.05, 3.63) is 180 Å². The summed E-state index contributed by atoms with van der Waals surface area (Å²) < 4.78 is 0. The van der Waals surface area contributed by atoms with Crippen molar-refractivity contribution in [2.24, 2.45) is 0 Å². The molecule has 0 N–H and O–H groups in total. The van der Waals surface area contributed by atoms with Gasteiger partial charge >= 0.3 is 0 Å². The molecular formula is C46H38N4. The van der Waals surface area contributed by atoms with Crippen LogP contribution in [0.2, 0.25) is 0 Å². The lowest BCUT2D eigenvalue weighted by Gasteiger charge is -2.27. The van der Waals surface area contributed by atoms with E-state index in [2.05, 4.69) is 195 Å². The second-order valence-electron chi connectivity index (χ2n) is 14.3.